The van der Waals surface area contributed by atoms with Gasteiger partial charge in [-0.25, -0.2) is 4.79 Å². The summed E-state index contributed by atoms with van der Waals surface area (Å²) in [5.74, 6) is 1.33. The van der Waals surface area contributed by atoms with Crippen LogP contribution in [0.3, 0.4) is 0 Å². The van der Waals surface area contributed by atoms with E-state index in [1.165, 1.54) is 0 Å². The number of amides is 2. The summed E-state index contributed by atoms with van der Waals surface area (Å²) in [5.41, 5.74) is 0.624. The fourth-order valence-corrected chi connectivity index (χ4v) is 3.99. The monoisotopic (exact) mass is 393 g/mol. The summed E-state index contributed by atoms with van der Waals surface area (Å²) in [6.45, 7) is 4.01. The number of nitrogens with zero attached hydrogens (tertiary/aromatic N) is 1. The molecule has 0 unspecified atom stereocenters. The number of likely N-dealkylation sites (tertiary alicyclic amines) is 1. The first-order chi connectivity index (χ1) is 13.5. The minimum atomic E-state index is -0.772. The van der Waals surface area contributed by atoms with Gasteiger partial charge in [-0.1, -0.05) is 13.0 Å². The summed E-state index contributed by atoms with van der Waals surface area (Å²) in [5, 5.41) is 25.7. The summed E-state index contributed by atoms with van der Waals surface area (Å²) in [6.07, 6.45) is 0.369. The van der Waals surface area contributed by atoms with Crippen molar-refractivity contribution in [2.75, 3.05) is 38.7 Å². The van der Waals surface area contributed by atoms with Gasteiger partial charge in [0, 0.05) is 18.3 Å². The molecule has 0 saturated carbocycles. The Morgan fingerprint density at radius 1 is 1.32 bits per heavy atom. The number of aliphatic hydroxyl groups excluding tert-OH is 2. The lowest BCUT2D eigenvalue weighted by Gasteiger charge is -2.38. The quantitative estimate of drug-likeness (QED) is 0.576. The van der Waals surface area contributed by atoms with Crippen LogP contribution in [0.25, 0.3) is 0 Å². The number of methoxy groups -OCH3 is 1. The number of hydrogen-bond acceptors (Lipinski definition) is 6. The molecule has 3 rings (SSSR count). The van der Waals surface area contributed by atoms with Gasteiger partial charge in [-0.3, -0.25) is 4.90 Å². The van der Waals surface area contributed by atoms with Gasteiger partial charge in [-0.15, -0.1) is 0 Å². The smallest absolute Gasteiger partial charge is 0.319 e. The van der Waals surface area contributed by atoms with Crippen LogP contribution in [0.4, 0.5) is 10.5 Å². The molecule has 28 heavy (non-hydrogen) atoms. The highest BCUT2D eigenvalue weighted by Gasteiger charge is 2.46. The van der Waals surface area contributed by atoms with E-state index in [4.69, 9.17) is 9.47 Å². The predicted octanol–water partition coefficient (Wildman–Crippen LogP) is 1.04. The summed E-state index contributed by atoms with van der Waals surface area (Å²) < 4.78 is 11.0. The lowest BCUT2D eigenvalue weighted by molar-refractivity contribution is -0.0205. The van der Waals surface area contributed by atoms with Crippen LogP contribution in [0.1, 0.15) is 19.8 Å². The first-order valence-electron chi connectivity index (χ1n) is 9.89. The molecule has 0 radical (unpaired) electrons. The standard InChI is InChI=1S/C20H31N3O5/c1-13-6-8-23(9-7-13)18-16(28-17(12-24)19(18)25)11-21-20(26)22-14-4-3-5-15(10-14)27-2/h3-5,10,13,16-19,24-25H,6-9,11-12H2,1-2H3,(H2,21,22,26)/t16-,17+,18+,19-/m1/s1. The Bertz CT molecular complexity index is 650. The van der Waals surface area contributed by atoms with E-state index in [1.807, 2.05) is 0 Å². The Kier molecular flexibility index (Phi) is 7.12. The molecule has 2 heterocycles. The number of hydrogen-bond donors (Lipinski definition) is 4. The zero-order valence-corrected chi connectivity index (χ0v) is 16.5. The van der Waals surface area contributed by atoms with E-state index in [9.17, 15) is 15.0 Å². The second-order valence-corrected chi connectivity index (χ2v) is 7.66. The number of carbonyl (C=O) groups excluding carboxylic acids is 1. The average molecular weight is 393 g/mol. The second-order valence-electron chi connectivity index (χ2n) is 7.66. The van der Waals surface area contributed by atoms with Crippen LogP contribution in [0, 0.1) is 5.92 Å². The van der Waals surface area contributed by atoms with Gasteiger partial charge in [0.05, 0.1) is 25.9 Å². The number of piperidine rings is 1. The third-order valence-corrected chi connectivity index (χ3v) is 5.67. The molecule has 1 aromatic carbocycles. The number of aliphatic hydroxyl groups is 2. The molecule has 0 aromatic heterocycles. The molecule has 2 aliphatic heterocycles. The molecule has 156 valence electrons. The third-order valence-electron chi connectivity index (χ3n) is 5.67. The molecule has 2 saturated heterocycles. The van der Waals surface area contributed by atoms with E-state index in [0.29, 0.717) is 17.4 Å². The lowest BCUT2D eigenvalue weighted by atomic mass is 9.94. The summed E-state index contributed by atoms with van der Waals surface area (Å²) in [6, 6.07) is 6.51. The Hall–Kier alpha value is -1.87. The predicted molar refractivity (Wildman–Crippen MR) is 106 cm³/mol. The van der Waals surface area contributed by atoms with Gasteiger partial charge in [-0.05, 0) is 44.0 Å². The molecule has 4 N–H and O–H groups in total. The van der Waals surface area contributed by atoms with Crippen LogP contribution in [-0.4, -0.2) is 78.8 Å². The summed E-state index contributed by atoms with van der Waals surface area (Å²) >= 11 is 0. The number of rotatable bonds is 6. The Balaban J connectivity index is 1.58. The number of nitrogens with one attached hydrogen (secondary N) is 2. The minimum absolute atomic E-state index is 0.234. The minimum Gasteiger partial charge on any atom is -0.497 e. The number of anilines is 1. The van der Waals surface area contributed by atoms with Gasteiger partial charge in [0.15, 0.2) is 0 Å². The topological polar surface area (TPSA) is 103 Å². The van der Waals surface area contributed by atoms with Gasteiger partial charge in [0.1, 0.15) is 18.0 Å². The van der Waals surface area contributed by atoms with Crippen LogP contribution in [-0.2, 0) is 4.74 Å². The van der Waals surface area contributed by atoms with E-state index in [-0.39, 0.29) is 31.3 Å². The summed E-state index contributed by atoms with van der Waals surface area (Å²) in [4.78, 5) is 14.5. The van der Waals surface area contributed by atoms with E-state index in [2.05, 4.69) is 22.5 Å². The van der Waals surface area contributed by atoms with E-state index >= 15 is 0 Å². The molecule has 2 fully saturated rings. The van der Waals surface area contributed by atoms with Gasteiger partial charge in [0.2, 0.25) is 0 Å². The van der Waals surface area contributed by atoms with Crippen molar-refractivity contribution in [2.24, 2.45) is 5.92 Å². The van der Waals surface area contributed by atoms with E-state index < -0.39 is 12.2 Å². The Morgan fingerprint density at radius 2 is 2.07 bits per heavy atom. The van der Waals surface area contributed by atoms with Crippen LogP contribution >= 0.6 is 0 Å². The molecule has 2 aliphatic rings. The molecular weight excluding hydrogens is 362 g/mol. The zero-order valence-electron chi connectivity index (χ0n) is 16.5. The van der Waals surface area contributed by atoms with Crippen molar-refractivity contribution in [3.05, 3.63) is 24.3 Å². The zero-order chi connectivity index (χ0) is 20.1. The number of carbonyl (C=O) groups is 1. The van der Waals surface area contributed by atoms with Crippen molar-refractivity contribution in [3.63, 3.8) is 0 Å². The normalized spacial score (nSPS) is 28.9. The van der Waals surface area contributed by atoms with Crippen LogP contribution in [0.5, 0.6) is 5.75 Å². The molecule has 2 amide bonds. The molecule has 8 heteroatoms. The third kappa shape index (κ3) is 4.94. The van der Waals surface area contributed by atoms with Gasteiger partial charge in [0.25, 0.3) is 0 Å². The molecule has 1 aromatic rings. The number of benzene rings is 1. The SMILES string of the molecule is COc1cccc(NC(=O)NC[C@H]2O[C@@H](CO)[C@@H](O)[C@H]2N2CCC(C)CC2)c1. The fourth-order valence-electron chi connectivity index (χ4n) is 3.99. The van der Waals surface area contributed by atoms with Crippen molar-refractivity contribution in [1.82, 2.24) is 10.2 Å². The first-order valence-corrected chi connectivity index (χ1v) is 9.89. The van der Waals surface area contributed by atoms with Crippen LogP contribution in [0.2, 0.25) is 0 Å². The molecule has 0 spiro atoms. The summed E-state index contributed by atoms with van der Waals surface area (Å²) in [7, 11) is 1.57. The highest BCUT2D eigenvalue weighted by Crippen LogP contribution is 2.29. The van der Waals surface area contributed by atoms with Gasteiger partial charge >= 0.3 is 6.03 Å². The number of urea groups is 1. The highest BCUT2D eigenvalue weighted by atomic mass is 16.5. The van der Waals surface area contributed by atoms with E-state index in [1.54, 1.807) is 31.4 Å². The highest BCUT2D eigenvalue weighted by molar-refractivity contribution is 5.89. The molecule has 0 bridgehead atoms. The van der Waals surface area contributed by atoms with Gasteiger partial charge < -0.3 is 30.3 Å². The van der Waals surface area contributed by atoms with Crippen LogP contribution < -0.4 is 15.4 Å². The van der Waals surface area contributed by atoms with Crippen molar-refractivity contribution >= 4 is 11.7 Å². The second kappa shape index (κ2) is 9.56. The van der Waals surface area contributed by atoms with Crippen molar-refractivity contribution in [2.45, 2.75) is 44.1 Å². The maximum atomic E-state index is 12.3. The first kappa shape index (κ1) is 20.9. The van der Waals surface area contributed by atoms with Crippen molar-refractivity contribution in [3.8, 4) is 5.75 Å². The lowest BCUT2D eigenvalue weighted by Crippen LogP contribution is -2.53. The largest absolute Gasteiger partial charge is 0.497 e. The number of ether oxygens (including phenoxy) is 2. The van der Waals surface area contributed by atoms with E-state index in [0.717, 1.165) is 25.9 Å². The fraction of sp³-hybridized carbons (Fsp3) is 0.650. The maximum absolute atomic E-state index is 12.3. The molecule has 8 nitrogen and oxygen atoms in total. The molecule has 4 atom stereocenters. The average Bonchev–Trinajstić information content (AvgIpc) is 3.02. The van der Waals surface area contributed by atoms with Crippen molar-refractivity contribution < 1.29 is 24.5 Å². The molecule has 0 aliphatic carbocycles. The molecular formula is C20H31N3O5. The Labute approximate surface area is 165 Å². The van der Waals surface area contributed by atoms with Crippen LogP contribution in [0.15, 0.2) is 24.3 Å². The van der Waals surface area contributed by atoms with Gasteiger partial charge in [-0.2, -0.15) is 0 Å². The Morgan fingerprint density at radius 3 is 2.75 bits per heavy atom. The van der Waals surface area contributed by atoms with Crippen molar-refractivity contribution in [1.29, 1.82) is 0 Å². The maximum Gasteiger partial charge on any atom is 0.319 e.